The third-order valence-electron chi connectivity index (χ3n) is 1.24. The number of esters is 1. The second-order valence-corrected chi connectivity index (χ2v) is 2.20. The van der Waals surface area contributed by atoms with Gasteiger partial charge in [0.05, 0.1) is 12.2 Å². The first-order chi connectivity index (χ1) is 5.13. The molecule has 0 bridgehead atoms. The minimum Gasteiger partial charge on any atom is -0.462 e. The Morgan fingerprint density at radius 2 is 2.18 bits per heavy atom. The molecule has 11 heavy (non-hydrogen) atoms. The van der Waals surface area contributed by atoms with Gasteiger partial charge in [-0.05, 0) is 26.3 Å². The zero-order valence-electron chi connectivity index (χ0n) is 7.31. The second kappa shape index (κ2) is 4.72. The molecule has 0 saturated heterocycles. The van der Waals surface area contributed by atoms with Crippen molar-refractivity contribution in [3.8, 4) is 0 Å². The fraction of sp³-hybridized carbons (Fsp3) is 0.444. The number of carbonyl (C=O) groups is 1. The number of rotatable bonds is 3. The van der Waals surface area contributed by atoms with Crippen LogP contribution in [0.2, 0.25) is 0 Å². The Morgan fingerprint density at radius 3 is 2.45 bits per heavy atom. The van der Waals surface area contributed by atoms with Crippen LogP contribution in [0.15, 0.2) is 23.8 Å². The molecule has 0 atom stereocenters. The lowest BCUT2D eigenvalue weighted by molar-refractivity contribution is -0.138. The average Bonchev–Trinajstić information content (AvgIpc) is 1.88. The Labute approximate surface area is 67.6 Å². The van der Waals surface area contributed by atoms with Gasteiger partial charge in [0.1, 0.15) is 0 Å². The summed E-state index contributed by atoms with van der Waals surface area (Å²) in [7, 11) is 0. The molecule has 0 saturated carbocycles. The van der Waals surface area contributed by atoms with E-state index in [0.717, 1.165) is 5.57 Å². The van der Waals surface area contributed by atoms with Gasteiger partial charge in [-0.15, -0.1) is 0 Å². The van der Waals surface area contributed by atoms with Crippen LogP contribution in [0.5, 0.6) is 0 Å². The molecule has 62 valence electrons. The van der Waals surface area contributed by atoms with Crippen molar-refractivity contribution in [1.82, 2.24) is 0 Å². The maximum Gasteiger partial charge on any atom is 0.338 e. The van der Waals surface area contributed by atoms with E-state index in [-0.39, 0.29) is 5.97 Å². The Morgan fingerprint density at radius 1 is 1.64 bits per heavy atom. The molecule has 0 aromatic rings. The average molecular weight is 154 g/mol. The maximum atomic E-state index is 11.1. The molecular weight excluding hydrogens is 140 g/mol. The van der Waals surface area contributed by atoms with E-state index in [1.807, 2.05) is 0 Å². The number of allylic oxidation sites excluding steroid dienone is 1. The number of hydrogen-bond donors (Lipinski definition) is 0. The van der Waals surface area contributed by atoms with Gasteiger partial charge in [0, 0.05) is 0 Å². The van der Waals surface area contributed by atoms with E-state index >= 15 is 0 Å². The number of ether oxygens (including phenoxy) is 1. The molecule has 0 aliphatic carbocycles. The van der Waals surface area contributed by atoms with Gasteiger partial charge in [0.2, 0.25) is 0 Å². The number of carbonyl (C=O) groups excluding carboxylic acids is 1. The van der Waals surface area contributed by atoms with E-state index < -0.39 is 0 Å². The van der Waals surface area contributed by atoms with Crippen LogP contribution in [-0.2, 0) is 9.53 Å². The fourth-order valence-corrected chi connectivity index (χ4v) is 0.747. The highest BCUT2D eigenvalue weighted by Crippen LogP contribution is 2.07. The fourth-order valence-electron chi connectivity index (χ4n) is 0.747. The highest BCUT2D eigenvalue weighted by atomic mass is 16.5. The van der Waals surface area contributed by atoms with E-state index in [2.05, 4.69) is 6.58 Å². The zero-order valence-corrected chi connectivity index (χ0v) is 7.31. The van der Waals surface area contributed by atoms with E-state index in [0.29, 0.717) is 12.2 Å². The van der Waals surface area contributed by atoms with Crippen molar-refractivity contribution in [2.24, 2.45) is 0 Å². The minimum absolute atomic E-state index is 0.289. The lowest BCUT2D eigenvalue weighted by atomic mass is 10.1. The predicted molar refractivity (Wildman–Crippen MR) is 45.2 cm³/mol. The maximum absolute atomic E-state index is 11.1. The molecule has 2 nitrogen and oxygen atoms in total. The van der Waals surface area contributed by atoms with Crippen molar-refractivity contribution in [3.63, 3.8) is 0 Å². The lowest BCUT2D eigenvalue weighted by Crippen LogP contribution is -2.07. The summed E-state index contributed by atoms with van der Waals surface area (Å²) >= 11 is 0. The first kappa shape index (κ1) is 9.95. The third-order valence-corrected chi connectivity index (χ3v) is 1.24. The molecule has 0 aromatic heterocycles. The van der Waals surface area contributed by atoms with Crippen LogP contribution >= 0.6 is 0 Å². The first-order valence-electron chi connectivity index (χ1n) is 3.62. The quantitative estimate of drug-likeness (QED) is 0.353. The largest absolute Gasteiger partial charge is 0.462 e. The van der Waals surface area contributed by atoms with Crippen molar-refractivity contribution in [1.29, 1.82) is 0 Å². The van der Waals surface area contributed by atoms with Gasteiger partial charge in [-0.2, -0.15) is 0 Å². The zero-order chi connectivity index (χ0) is 8.85. The van der Waals surface area contributed by atoms with Gasteiger partial charge in [-0.25, -0.2) is 4.79 Å². The summed E-state index contributed by atoms with van der Waals surface area (Å²) in [5, 5.41) is 0. The molecule has 0 fully saturated rings. The normalized spacial score (nSPS) is 11.0. The molecule has 0 spiro atoms. The van der Waals surface area contributed by atoms with Crippen LogP contribution in [0.1, 0.15) is 20.8 Å². The molecule has 0 aliphatic heterocycles. The topological polar surface area (TPSA) is 26.3 Å². The van der Waals surface area contributed by atoms with Crippen LogP contribution in [0.4, 0.5) is 0 Å². The molecule has 2 heteroatoms. The van der Waals surface area contributed by atoms with Crippen LogP contribution < -0.4 is 0 Å². The van der Waals surface area contributed by atoms with Crippen molar-refractivity contribution < 1.29 is 9.53 Å². The Bertz CT molecular complexity index is 190. The molecule has 0 radical (unpaired) electrons. The van der Waals surface area contributed by atoms with Crippen LogP contribution in [-0.4, -0.2) is 12.6 Å². The summed E-state index contributed by atoms with van der Waals surface area (Å²) in [6.07, 6.45) is 1.71. The molecule has 0 rings (SSSR count). The molecule has 0 heterocycles. The van der Waals surface area contributed by atoms with Gasteiger partial charge in [-0.1, -0.05) is 12.7 Å². The van der Waals surface area contributed by atoms with Crippen molar-refractivity contribution in [3.05, 3.63) is 23.8 Å². The van der Waals surface area contributed by atoms with Gasteiger partial charge >= 0.3 is 5.97 Å². The van der Waals surface area contributed by atoms with Crippen molar-refractivity contribution in [2.45, 2.75) is 20.8 Å². The summed E-state index contributed by atoms with van der Waals surface area (Å²) in [6.45, 7) is 9.42. The monoisotopic (exact) mass is 154 g/mol. The van der Waals surface area contributed by atoms with E-state index in [1.165, 1.54) is 0 Å². The lowest BCUT2D eigenvalue weighted by Gasteiger charge is -2.04. The predicted octanol–water partition coefficient (Wildman–Crippen LogP) is 2.07. The molecule has 0 N–H and O–H groups in total. The van der Waals surface area contributed by atoms with Gasteiger partial charge in [-0.3, -0.25) is 0 Å². The van der Waals surface area contributed by atoms with Crippen molar-refractivity contribution >= 4 is 5.97 Å². The SMILES string of the molecule is C=C(C)/C(=C\C)C(=O)OCC. The minimum atomic E-state index is -0.289. The summed E-state index contributed by atoms with van der Waals surface area (Å²) in [4.78, 5) is 11.1. The molecule has 0 amide bonds. The highest BCUT2D eigenvalue weighted by molar-refractivity contribution is 5.92. The Balaban J connectivity index is 4.29. The summed E-state index contributed by atoms with van der Waals surface area (Å²) in [5.74, 6) is -0.289. The second-order valence-electron chi connectivity index (χ2n) is 2.20. The van der Waals surface area contributed by atoms with Crippen LogP contribution in [0, 0.1) is 0 Å². The van der Waals surface area contributed by atoms with Gasteiger partial charge in [0.15, 0.2) is 0 Å². The van der Waals surface area contributed by atoms with Crippen LogP contribution in [0.3, 0.4) is 0 Å². The Hall–Kier alpha value is -1.05. The molecule has 0 aliphatic rings. The summed E-state index contributed by atoms with van der Waals surface area (Å²) < 4.78 is 4.79. The van der Waals surface area contributed by atoms with Crippen molar-refractivity contribution in [2.75, 3.05) is 6.61 Å². The summed E-state index contributed by atoms with van der Waals surface area (Å²) in [6, 6.07) is 0. The van der Waals surface area contributed by atoms with Gasteiger partial charge in [0.25, 0.3) is 0 Å². The van der Waals surface area contributed by atoms with Gasteiger partial charge < -0.3 is 4.74 Å². The smallest absolute Gasteiger partial charge is 0.338 e. The standard InChI is InChI=1S/C9H14O2/c1-5-8(7(3)4)9(10)11-6-2/h5H,3,6H2,1-2,4H3/b8-5+. The van der Waals surface area contributed by atoms with E-state index in [4.69, 9.17) is 4.74 Å². The van der Waals surface area contributed by atoms with E-state index in [9.17, 15) is 4.79 Å². The third kappa shape index (κ3) is 3.03. The van der Waals surface area contributed by atoms with E-state index in [1.54, 1.807) is 26.8 Å². The first-order valence-corrected chi connectivity index (χ1v) is 3.62. The Kier molecular flexibility index (Phi) is 4.27. The van der Waals surface area contributed by atoms with Crippen LogP contribution in [0.25, 0.3) is 0 Å². The molecule has 0 aromatic carbocycles. The molecular formula is C9H14O2. The number of hydrogen-bond acceptors (Lipinski definition) is 2. The highest BCUT2D eigenvalue weighted by Gasteiger charge is 2.08. The molecule has 0 unspecified atom stereocenters. The summed E-state index contributed by atoms with van der Waals surface area (Å²) in [5.41, 5.74) is 1.30.